The highest BCUT2D eigenvalue weighted by Gasteiger charge is 2.33. The number of halogens is 2. The van der Waals surface area contributed by atoms with Crippen LogP contribution in [-0.2, 0) is 16.7 Å². The van der Waals surface area contributed by atoms with Gasteiger partial charge in [-0.3, -0.25) is 4.21 Å². The molecule has 0 heterocycles. The van der Waals surface area contributed by atoms with Crippen LogP contribution in [0.15, 0.2) is 30.3 Å². The van der Waals surface area contributed by atoms with Crippen LogP contribution in [0.2, 0.25) is 0 Å². The lowest BCUT2D eigenvalue weighted by Gasteiger charge is -2.15. The molecule has 0 saturated carbocycles. The van der Waals surface area contributed by atoms with E-state index < -0.39 is 22.5 Å². The molecule has 1 aromatic rings. The summed E-state index contributed by atoms with van der Waals surface area (Å²) in [5, 5.41) is 0. The first-order chi connectivity index (χ1) is 7.56. The largest absolute Gasteiger partial charge is 0.330 e. The van der Waals surface area contributed by atoms with E-state index in [1.54, 1.807) is 18.2 Å². The van der Waals surface area contributed by atoms with Gasteiger partial charge in [-0.05, 0) is 13.0 Å². The highest BCUT2D eigenvalue weighted by molar-refractivity contribution is 7.85. The van der Waals surface area contributed by atoms with Crippen molar-refractivity contribution < 1.29 is 13.0 Å². The van der Waals surface area contributed by atoms with E-state index in [4.69, 9.17) is 5.73 Å². The molecule has 0 bridgehead atoms. The van der Waals surface area contributed by atoms with E-state index in [1.807, 2.05) is 0 Å². The van der Waals surface area contributed by atoms with Crippen molar-refractivity contribution in [3.63, 3.8) is 0 Å². The van der Waals surface area contributed by atoms with Gasteiger partial charge in [-0.15, -0.1) is 0 Å². The summed E-state index contributed by atoms with van der Waals surface area (Å²) in [4.78, 5) is 0. The maximum atomic E-state index is 13.6. The van der Waals surface area contributed by atoms with E-state index in [-0.39, 0.29) is 11.3 Å². The Kier molecular flexibility index (Phi) is 5.02. The number of benzene rings is 1. The van der Waals surface area contributed by atoms with E-state index >= 15 is 0 Å². The lowest BCUT2D eigenvalue weighted by molar-refractivity contribution is 0.0222. The molecule has 0 spiro atoms. The first-order valence-electron chi connectivity index (χ1n) is 5.04. The van der Waals surface area contributed by atoms with Crippen molar-refractivity contribution in [2.75, 3.05) is 18.1 Å². The fraction of sp³-hybridized carbons (Fsp3) is 0.455. The van der Waals surface area contributed by atoms with Gasteiger partial charge in [0, 0.05) is 22.1 Å². The fourth-order valence-electron chi connectivity index (χ4n) is 1.28. The van der Waals surface area contributed by atoms with Gasteiger partial charge in [0.05, 0.1) is 5.75 Å². The Bertz CT molecular complexity index is 343. The van der Waals surface area contributed by atoms with E-state index in [2.05, 4.69) is 0 Å². The molecule has 0 aliphatic rings. The predicted molar refractivity (Wildman–Crippen MR) is 61.9 cm³/mol. The molecule has 1 rings (SSSR count). The Hall–Kier alpha value is -0.810. The normalized spacial score (nSPS) is 13.7. The lowest BCUT2D eigenvalue weighted by atomic mass is 10.1. The van der Waals surface area contributed by atoms with Crippen molar-refractivity contribution in [1.82, 2.24) is 0 Å². The van der Waals surface area contributed by atoms with Crippen molar-refractivity contribution >= 4 is 10.8 Å². The van der Waals surface area contributed by atoms with Crippen LogP contribution in [0.3, 0.4) is 0 Å². The third kappa shape index (κ3) is 3.98. The molecule has 0 amide bonds. The molecule has 90 valence electrons. The van der Waals surface area contributed by atoms with E-state index in [0.29, 0.717) is 13.0 Å². The fourth-order valence-corrected chi connectivity index (χ4v) is 2.49. The van der Waals surface area contributed by atoms with Gasteiger partial charge < -0.3 is 5.73 Å². The second kappa shape index (κ2) is 6.06. The molecule has 5 heteroatoms. The van der Waals surface area contributed by atoms with Crippen LogP contribution in [-0.4, -0.2) is 22.3 Å². The van der Waals surface area contributed by atoms with Crippen LogP contribution in [0.5, 0.6) is 0 Å². The van der Waals surface area contributed by atoms with Gasteiger partial charge in [-0.1, -0.05) is 30.3 Å². The predicted octanol–water partition coefficient (Wildman–Crippen LogP) is 1.88. The zero-order valence-electron chi connectivity index (χ0n) is 8.86. The standard InChI is InChI=1S/C11H15F2NOS/c12-11(13,9-16(15)8-4-7-14)10-5-2-1-3-6-10/h1-3,5-6H,4,7-9,14H2. The van der Waals surface area contributed by atoms with E-state index in [0.717, 1.165) is 0 Å². The van der Waals surface area contributed by atoms with Gasteiger partial charge >= 0.3 is 0 Å². The summed E-state index contributed by atoms with van der Waals surface area (Å²) in [5.41, 5.74) is 5.14. The Morgan fingerprint density at radius 3 is 2.44 bits per heavy atom. The van der Waals surface area contributed by atoms with Gasteiger partial charge in [0.1, 0.15) is 0 Å². The van der Waals surface area contributed by atoms with Crippen LogP contribution in [0.25, 0.3) is 0 Å². The summed E-state index contributed by atoms with van der Waals surface area (Å²) in [5.74, 6) is -3.42. The zero-order chi connectivity index (χ0) is 12.0. The number of rotatable bonds is 6. The SMILES string of the molecule is NCCCS(=O)CC(F)(F)c1ccccc1. The monoisotopic (exact) mass is 247 g/mol. The Morgan fingerprint density at radius 2 is 1.88 bits per heavy atom. The van der Waals surface area contributed by atoms with E-state index in [1.165, 1.54) is 12.1 Å². The van der Waals surface area contributed by atoms with Gasteiger partial charge in [0.2, 0.25) is 0 Å². The minimum Gasteiger partial charge on any atom is -0.330 e. The zero-order valence-corrected chi connectivity index (χ0v) is 9.68. The molecule has 0 saturated heterocycles. The maximum Gasteiger partial charge on any atom is 0.284 e. The first kappa shape index (κ1) is 13.3. The lowest BCUT2D eigenvalue weighted by Crippen LogP contribution is -2.24. The summed E-state index contributed by atoms with van der Waals surface area (Å²) in [6, 6.07) is 7.46. The van der Waals surface area contributed by atoms with Crippen LogP contribution in [0.1, 0.15) is 12.0 Å². The summed E-state index contributed by atoms with van der Waals surface area (Å²) in [7, 11) is -1.52. The topological polar surface area (TPSA) is 43.1 Å². The highest BCUT2D eigenvalue weighted by Crippen LogP contribution is 2.28. The summed E-state index contributed by atoms with van der Waals surface area (Å²) < 4.78 is 38.6. The number of alkyl halides is 2. The number of hydrogen-bond acceptors (Lipinski definition) is 2. The second-order valence-electron chi connectivity index (χ2n) is 3.50. The summed E-state index contributed by atoms with van der Waals surface area (Å²) in [6.07, 6.45) is 0.511. The van der Waals surface area contributed by atoms with Crippen LogP contribution in [0, 0.1) is 0 Å². The third-order valence-corrected chi connectivity index (χ3v) is 3.54. The van der Waals surface area contributed by atoms with Crippen molar-refractivity contribution in [2.45, 2.75) is 12.3 Å². The van der Waals surface area contributed by atoms with Crippen LogP contribution >= 0.6 is 0 Å². The van der Waals surface area contributed by atoms with Crippen molar-refractivity contribution in [1.29, 1.82) is 0 Å². The number of hydrogen-bond donors (Lipinski definition) is 1. The Labute approximate surface area is 96.3 Å². The first-order valence-corrected chi connectivity index (χ1v) is 6.53. The molecule has 1 aromatic carbocycles. The van der Waals surface area contributed by atoms with Crippen molar-refractivity contribution in [2.24, 2.45) is 5.73 Å². The molecule has 0 fully saturated rings. The molecule has 2 nitrogen and oxygen atoms in total. The Balaban J connectivity index is 2.61. The Morgan fingerprint density at radius 1 is 1.25 bits per heavy atom. The molecule has 0 radical (unpaired) electrons. The molecule has 2 N–H and O–H groups in total. The molecule has 1 unspecified atom stereocenters. The van der Waals surface area contributed by atoms with Crippen molar-refractivity contribution in [3.05, 3.63) is 35.9 Å². The molecule has 1 atom stereocenters. The summed E-state index contributed by atoms with van der Waals surface area (Å²) >= 11 is 0. The smallest absolute Gasteiger partial charge is 0.284 e. The molecular weight excluding hydrogens is 232 g/mol. The van der Waals surface area contributed by atoms with Gasteiger partial charge in [-0.2, -0.15) is 0 Å². The van der Waals surface area contributed by atoms with Crippen molar-refractivity contribution in [3.8, 4) is 0 Å². The van der Waals surface area contributed by atoms with Gasteiger partial charge in [0.25, 0.3) is 5.92 Å². The van der Waals surface area contributed by atoms with Gasteiger partial charge in [-0.25, -0.2) is 8.78 Å². The molecular formula is C11H15F2NOS. The van der Waals surface area contributed by atoms with Crippen LogP contribution < -0.4 is 5.73 Å². The maximum absolute atomic E-state index is 13.6. The average Bonchev–Trinajstić information content (AvgIpc) is 2.27. The van der Waals surface area contributed by atoms with E-state index in [9.17, 15) is 13.0 Å². The summed E-state index contributed by atoms with van der Waals surface area (Å²) in [6.45, 7) is 0.378. The molecule has 0 aromatic heterocycles. The molecule has 0 aliphatic carbocycles. The quantitative estimate of drug-likeness (QED) is 0.834. The second-order valence-corrected chi connectivity index (χ2v) is 5.08. The minimum atomic E-state index is -3.03. The number of nitrogens with two attached hydrogens (primary N) is 1. The minimum absolute atomic E-state index is 0.0869. The average molecular weight is 247 g/mol. The van der Waals surface area contributed by atoms with Gasteiger partial charge in [0.15, 0.2) is 0 Å². The third-order valence-electron chi connectivity index (χ3n) is 2.11. The molecule has 16 heavy (non-hydrogen) atoms. The van der Waals surface area contributed by atoms with Crippen LogP contribution in [0.4, 0.5) is 8.78 Å². The highest BCUT2D eigenvalue weighted by atomic mass is 32.2. The molecule has 0 aliphatic heterocycles.